The quantitative estimate of drug-likeness (QED) is 0.814. The molecule has 1 aliphatic carbocycles. The van der Waals surface area contributed by atoms with Crippen molar-refractivity contribution in [2.45, 2.75) is 25.3 Å². The Balaban J connectivity index is 1.71. The van der Waals surface area contributed by atoms with Crippen LogP contribution in [-0.2, 0) is 4.79 Å². The summed E-state index contributed by atoms with van der Waals surface area (Å²) in [5.41, 5.74) is 0. The Labute approximate surface area is 128 Å². The van der Waals surface area contributed by atoms with Crippen LogP contribution in [0.2, 0.25) is 0 Å². The first-order valence-corrected chi connectivity index (χ1v) is 7.96. The molecule has 1 amide bonds. The fourth-order valence-electron chi connectivity index (χ4n) is 3.10. The minimum atomic E-state index is -0.0927. The van der Waals surface area contributed by atoms with Gasteiger partial charge in [0.05, 0.1) is 12.2 Å². The molecule has 2 aliphatic rings. The fourth-order valence-corrected chi connectivity index (χ4v) is 4.01. The molecule has 1 aromatic rings. The number of nitrogens with zero attached hydrogens (tertiary/aromatic N) is 2. The maximum absolute atomic E-state index is 12.3. The molecule has 0 bridgehead atoms. The molecule has 0 radical (unpaired) electrons. The Morgan fingerprint density at radius 2 is 2.26 bits per heavy atom. The fraction of sp³-hybridized carbons (Fsp3) is 0.583. The number of aromatic nitrogens is 2. The zero-order valence-corrected chi connectivity index (χ0v) is 13.4. The molecule has 2 fully saturated rings. The van der Waals surface area contributed by atoms with Crippen molar-refractivity contribution in [1.82, 2.24) is 15.3 Å². The van der Waals surface area contributed by atoms with Gasteiger partial charge in [-0.2, -0.15) is 0 Å². The highest BCUT2D eigenvalue weighted by Crippen LogP contribution is 2.38. The molecule has 1 aromatic heterocycles. The summed E-state index contributed by atoms with van der Waals surface area (Å²) in [7, 11) is 0. The molecule has 3 rings (SSSR count). The van der Waals surface area contributed by atoms with Crippen LogP contribution in [0.15, 0.2) is 15.4 Å². The highest BCUT2D eigenvalue weighted by molar-refractivity contribution is 9.11. The second-order valence-electron chi connectivity index (χ2n) is 5.06. The maximum Gasteiger partial charge on any atom is 0.243 e. The van der Waals surface area contributed by atoms with Crippen molar-refractivity contribution in [2.75, 3.05) is 11.9 Å². The average Bonchev–Trinajstić information content (AvgIpc) is 2.94. The Hall–Kier alpha value is -0.530. The lowest BCUT2D eigenvalue weighted by molar-refractivity contribution is -0.118. The molecule has 0 spiro atoms. The van der Waals surface area contributed by atoms with E-state index in [1.54, 1.807) is 6.20 Å². The van der Waals surface area contributed by atoms with Gasteiger partial charge in [0, 0.05) is 0 Å². The van der Waals surface area contributed by atoms with Crippen molar-refractivity contribution in [1.29, 1.82) is 0 Å². The molecule has 0 aromatic carbocycles. The predicted molar refractivity (Wildman–Crippen MR) is 78.7 cm³/mol. The summed E-state index contributed by atoms with van der Waals surface area (Å²) >= 11 is 6.54. The molecular formula is C12H14Br2N4O. The minimum absolute atomic E-state index is 0.00766. The van der Waals surface area contributed by atoms with Crippen molar-refractivity contribution in [3.8, 4) is 0 Å². The van der Waals surface area contributed by atoms with Crippen LogP contribution < -0.4 is 10.6 Å². The summed E-state index contributed by atoms with van der Waals surface area (Å²) in [6, 6.07) is -0.0927. The van der Waals surface area contributed by atoms with Crippen molar-refractivity contribution in [2.24, 2.45) is 11.8 Å². The van der Waals surface area contributed by atoms with Crippen LogP contribution in [0.4, 0.5) is 5.82 Å². The van der Waals surface area contributed by atoms with E-state index in [4.69, 9.17) is 0 Å². The van der Waals surface area contributed by atoms with Gasteiger partial charge in [-0.3, -0.25) is 4.79 Å². The molecule has 102 valence electrons. The summed E-state index contributed by atoms with van der Waals surface area (Å²) in [5.74, 6) is 1.60. The van der Waals surface area contributed by atoms with E-state index in [2.05, 4.69) is 52.5 Å². The summed E-state index contributed by atoms with van der Waals surface area (Å²) in [5, 5.41) is 6.17. The lowest BCUT2D eigenvalue weighted by Crippen LogP contribution is -2.40. The van der Waals surface area contributed by atoms with E-state index < -0.39 is 0 Å². The first-order chi connectivity index (χ1) is 9.15. The van der Waals surface area contributed by atoms with Gasteiger partial charge in [-0.15, -0.1) is 0 Å². The first-order valence-electron chi connectivity index (χ1n) is 6.37. The van der Waals surface area contributed by atoms with Crippen LogP contribution >= 0.6 is 31.9 Å². The van der Waals surface area contributed by atoms with Gasteiger partial charge in [-0.05, 0) is 63.1 Å². The van der Waals surface area contributed by atoms with Crippen LogP contribution in [0.5, 0.6) is 0 Å². The minimum Gasteiger partial charge on any atom is -0.307 e. The summed E-state index contributed by atoms with van der Waals surface area (Å²) < 4.78 is 1.17. The van der Waals surface area contributed by atoms with Crippen LogP contribution in [0, 0.1) is 11.8 Å². The van der Waals surface area contributed by atoms with Crippen LogP contribution in [0.3, 0.4) is 0 Å². The molecule has 5 nitrogen and oxygen atoms in total. The number of halogens is 2. The number of hydrogen-bond acceptors (Lipinski definition) is 4. The van der Waals surface area contributed by atoms with Crippen molar-refractivity contribution >= 4 is 43.6 Å². The van der Waals surface area contributed by atoms with Crippen LogP contribution in [0.25, 0.3) is 0 Å². The molecule has 19 heavy (non-hydrogen) atoms. The van der Waals surface area contributed by atoms with Gasteiger partial charge in [0.1, 0.15) is 9.21 Å². The Bertz CT molecular complexity index is 511. The maximum atomic E-state index is 12.3. The van der Waals surface area contributed by atoms with E-state index in [9.17, 15) is 4.79 Å². The largest absolute Gasteiger partial charge is 0.307 e. The van der Waals surface area contributed by atoms with Crippen LogP contribution in [0.1, 0.15) is 19.3 Å². The highest BCUT2D eigenvalue weighted by Gasteiger charge is 2.42. The average molecular weight is 390 g/mol. The number of anilines is 1. The normalized spacial score (nSPS) is 29.3. The Morgan fingerprint density at radius 1 is 1.42 bits per heavy atom. The number of fused-ring (bicyclic) bond motifs is 1. The molecule has 2 heterocycles. The lowest BCUT2D eigenvalue weighted by atomic mass is 9.94. The number of carbonyl (C=O) groups excluding carboxylic acids is 1. The summed E-state index contributed by atoms with van der Waals surface area (Å²) in [6.45, 7) is 0.954. The molecule has 1 saturated carbocycles. The molecule has 2 N–H and O–H groups in total. The monoisotopic (exact) mass is 388 g/mol. The van der Waals surface area contributed by atoms with Crippen LogP contribution in [-0.4, -0.2) is 28.5 Å². The first kappa shape index (κ1) is 13.5. The topological polar surface area (TPSA) is 66.9 Å². The SMILES string of the molecule is O=C(Nc1ncc(Br)nc1Br)C1NCC2CCCC21. The predicted octanol–water partition coefficient (Wildman–Crippen LogP) is 2.33. The molecular weight excluding hydrogens is 376 g/mol. The molecule has 3 unspecified atom stereocenters. The molecule has 1 saturated heterocycles. The zero-order valence-electron chi connectivity index (χ0n) is 10.2. The van der Waals surface area contributed by atoms with E-state index in [0.717, 1.165) is 13.0 Å². The molecule has 1 aliphatic heterocycles. The number of hydrogen-bond donors (Lipinski definition) is 2. The Morgan fingerprint density at radius 3 is 3.05 bits per heavy atom. The van der Waals surface area contributed by atoms with Gasteiger partial charge < -0.3 is 10.6 Å². The van der Waals surface area contributed by atoms with Gasteiger partial charge in [0.2, 0.25) is 5.91 Å². The van der Waals surface area contributed by atoms with Gasteiger partial charge in [0.15, 0.2) is 5.82 Å². The van der Waals surface area contributed by atoms with Gasteiger partial charge >= 0.3 is 0 Å². The van der Waals surface area contributed by atoms with E-state index in [0.29, 0.717) is 26.9 Å². The van der Waals surface area contributed by atoms with E-state index in [1.165, 1.54) is 12.8 Å². The third-order valence-corrected chi connectivity index (χ3v) is 4.91. The number of rotatable bonds is 2. The van der Waals surface area contributed by atoms with E-state index in [-0.39, 0.29) is 11.9 Å². The standard InChI is InChI=1S/C12H14Br2N4O/c13-8-5-16-11(10(14)17-8)18-12(19)9-7-3-1-2-6(7)4-15-9/h5-7,9,15H,1-4H2,(H,16,18,19). The zero-order chi connectivity index (χ0) is 13.4. The number of nitrogens with one attached hydrogen (secondary N) is 2. The van der Waals surface area contributed by atoms with Crippen molar-refractivity contribution in [3.05, 3.63) is 15.4 Å². The molecule has 3 atom stereocenters. The van der Waals surface area contributed by atoms with E-state index >= 15 is 0 Å². The smallest absolute Gasteiger partial charge is 0.243 e. The number of carbonyl (C=O) groups is 1. The third-order valence-electron chi connectivity index (χ3n) is 3.97. The summed E-state index contributed by atoms with van der Waals surface area (Å²) in [6.07, 6.45) is 5.19. The van der Waals surface area contributed by atoms with E-state index in [1.807, 2.05) is 0 Å². The van der Waals surface area contributed by atoms with Gasteiger partial charge in [-0.1, -0.05) is 6.42 Å². The van der Waals surface area contributed by atoms with Gasteiger partial charge in [0.25, 0.3) is 0 Å². The lowest BCUT2D eigenvalue weighted by Gasteiger charge is -2.17. The molecule has 7 heteroatoms. The second-order valence-corrected chi connectivity index (χ2v) is 6.63. The number of amides is 1. The summed E-state index contributed by atoms with van der Waals surface area (Å²) in [4.78, 5) is 20.6. The Kier molecular flexibility index (Phi) is 3.86. The van der Waals surface area contributed by atoms with Crippen molar-refractivity contribution in [3.63, 3.8) is 0 Å². The third kappa shape index (κ3) is 2.68. The second kappa shape index (κ2) is 5.46. The highest BCUT2D eigenvalue weighted by atomic mass is 79.9. The van der Waals surface area contributed by atoms with Gasteiger partial charge in [-0.25, -0.2) is 9.97 Å². The van der Waals surface area contributed by atoms with Crippen molar-refractivity contribution < 1.29 is 4.79 Å².